The van der Waals surface area contributed by atoms with Gasteiger partial charge in [-0.1, -0.05) is 26.7 Å². The third-order valence-corrected chi connectivity index (χ3v) is 4.20. The second kappa shape index (κ2) is 8.20. The number of rotatable bonds is 7. The van der Waals surface area contributed by atoms with Crippen molar-refractivity contribution < 1.29 is 18.3 Å². The zero-order valence-electron chi connectivity index (χ0n) is 12.4. The molecule has 1 saturated heterocycles. The summed E-state index contributed by atoms with van der Waals surface area (Å²) in [6.07, 6.45) is -1.14. The van der Waals surface area contributed by atoms with Gasteiger partial charge in [-0.3, -0.25) is 4.90 Å². The molecule has 1 heterocycles. The molecule has 1 aliphatic heterocycles. The molecule has 0 aromatic heterocycles. The molecule has 0 aromatic carbocycles. The van der Waals surface area contributed by atoms with Crippen LogP contribution in [0.1, 0.15) is 39.5 Å². The van der Waals surface area contributed by atoms with E-state index >= 15 is 0 Å². The van der Waals surface area contributed by atoms with E-state index in [1.54, 1.807) is 0 Å². The number of aliphatic hydroxyl groups excluding tert-OH is 1. The van der Waals surface area contributed by atoms with Gasteiger partial charge in [-0.25, -0.2) is 0 Å². The van der Waals surface area contributed by atoms with Crippen molar-refractivity contribution in [3.8, 4) is 0 Å². The largest absolute Gasteiger partial charge is 0.401 e. The van der Waals surface area contributed by atoms with E-state index in [1.807, 2.05) is 0 Å². The number of nitrogens with zero attached hydrogens (tertiary/aromatic N) is 1. The molecule has 0 amide bonds. The predicted molar refractivity (Wildman–Crippen MR) is 73.6 cm³/mol. The van der Waals surface area contributed by atoms with Gasteiger partial charge in [0, 0.05) is 12.6 Å². The van der Waals surface area contributed by atoms with Crippen LogP contribution >= 0.6 is 0 Å². The minimum Gasteiger partial charge on any atom is -0.392 e. The Morgan fingerprint density at radius 1 is 1.20 bits per heavy atom. The molecule has 0 spiro atoms. The fourth-order valence-electron chi connectivity index (χ4n) is 2.84. The molecule has 1 rings (SSSR count). The Morgan fingerprint density at radius 2 is 1.75 bits per heavy atom. The monoisotopic (exact) mass is 296 g/mol. The van der Waals surface area contributed by atoms with Crippen LogP contribution in [0.25, 0.3) is 0 Å². The van der Waals surface area contributed by atoms with Crippen LogP contribution < -0.4 is 5.32 Å². The van der Waals surface area contributed by atoms with Crippen molar-refractivity contribution in [3.63, 3.8) is 0 Å². The molecule has 120 valence electrons. The molecule has 1 fully saturated rings. The quantitative estimate of drug-likeness (QED) is 0.757. The molecule has 0 bridgehead atoms. The summed E-state index contributed by atoms with van der Waals surface area (Å²) in [4.78, 5) is 1.45. The Balaban J connectivity index is 2.22. The highest BCUT2D eigenvalue weighted by molar-refractivity contribution is 4.80. The normalized spacial score (nSPS) is 20.6. The zero-order chi connectivity index (χ0) is 15.2. The summed E-state index contributed by atoms with van der Waals surface area (Å²) in [5, 5.41) is 13.3. The van der Waals surface area contributed by atoms with Gasteiger partial charge in [-0.2, -0.15) is 13.2 Å². The number of halogens is 3. The second-order valence-electron chi connectivity index (χ2n) is 5.72. The van der Waals surface area contributed by atoms with Crippen molar-refractivity contribution in [2.75, 3.05) is 26.2 Å². The second-order valence-corrected chi connectivity index (χ2v) is 5.72. The van der Waals surface area contributed by atoms with Crippen LogP contribution in [0.3, 0.4) is 0 Å². The zero-order valence-corrected chi connectivity index (χ0v) is 12.4. The number of hydrogen-bond donors (Lipinski definition) is 2. The third-order valence-electron chi connectivity index (χ3n) is 4.20. The van der Waals surface area contributed by atoms with Crippen LogP contribution in [0.4, 0.5) is 13.2 Å². The van der Waals surface area contributed by atoms with Crippen LogP contribution in [0.2, 0.25) is 0 Å². The Labute approximate surface area is 119 Å². The van der Waals surface area contributed by atoms with E-state index in [1.165, 1.54) is 4.90 Å². The van der Waals surface area contributed by atoms with Crippen molar-refractivity contribution in [1.29, 1.82) is 0 Å². The lowest BCUT2D eigenvalue weighted by Gasteiger charge is -2.33. The molecule has 0 radical (unpaired) electrons. The third kappa shape index (κ3) is 6.41. The lowest BCUT2D eigenvalue weighted by molar-refractivity contribution is -0.148. The smallest absolute Gasteiger partial charge is 0.392 e. The maximum absolute atomic E-state index is 12.3. The summed E-state index contributed by atoms with van der Waals surface area (Å²) in [5.74, 6) is 0.299. The fraction of sp³-hybridized carbons (Fsp3) is 1.00. The molecule has 20 heavy (non-hydrogen) atoms. The van der Waals surface area contributed by atoms with E-state index in [4.69, 9.17) is 0 Å². The topological polar surface area (TPSA) is 35.5 Å². The Morgan fingerprint density at radius 3 is 2.20 bits per heavy atom. The van der Waals surface area contributed by atoms with E-state index in [0.717, 1.165) is 12.8 Å². The molecular weight excluding hydrogens is 269 g/mol. The minimum absolute atomic E-state index is 0.225. The highest BCUT2D eigenvalue weighted by Gasteiger charge is 2.32. The number of likely N-dealkylation sites (tertiary alicyclic amines) is 1. The van der Waals surface area contributed by atoms with Gasteiger partial charge < -0.3 is 10.4 Å². The summed E-state index contributed by atoms with van der Waals surface area (Å²) >= 11 is 0. The lowest BCUT2D eigenvalue weighted by Crippen LogP contribution is -2.47. The van der Waals surface area contributed by atoms with Gasteiger partial charge in [-0.05, 0) is 31.8 Å². The first-order chi connectivity index (χ1) is 9.35. The Bertz CT molecular complexity index is 262. The Kier molecular flexibility index (Phi) is 7.26. The van der Waals surface area contributed by atoms with Gasteiger partial charge in [0.05, 0.1) is 12.6 Å². The lowest BCUT2D eigenvalue weighted by atomic mass is 9.96. The highest BCUT2D eigenvalue weighted by atomic mass is 19.4. The first kappa shape index (κ1) is 17.7. The van der Waals surface area contributed by atoms with Gasteiger partial charge in [0.2, 0.25) is 0 Å². The number of nitrogens with one attached hydrogen (secondary N) is 1. The molecule has 1 unspecified atom stereocenters. The van der Waals surface area contributed by atoms with Gasteiger partial charge in [-0.15, -0.1) is 0 Å². The molecule has 6 heteroatoms. The standard InChI is InChI=1S/C14H27F3N2O/c1-3-11(4-2)13(20)9-18-12-5-7-19(8-6-12)10-14(15,16)17/h11-13,18,20H,3-10H2,1-2H3. The first-order valence-corrected chi connectivity index (χ1v) is 7.56. The average molecular weight is 296 g/mol. The van der Waals surface area contributed by atoms with Crippen molar-refractivity contribution in [2.45, 2.75) is 57.9 Å². The van der Waals surface area contributed by atoms with Crippen molar-refractivity contribution in [2.24, 2.45) is 5.92 Å². The minimum atomic E-state index is -4.11. The number of aliphatic hydroxyl groups is 1. The Hall–Kier alpha value is -0.330. The van der Waals surface area contributed by atoms with Crippen LogP contribution in [0.5, 0.6) is 0 Å². The summed E-state index contributed by atoms with van der Waals surface area (Å²) in [6.45, 7) is 4.79. The van der Waals surface area contributed by atoms with Gasteiger partial charge in [0.25, 0.3) is 0 Å². The van der Waals surface area contributed by atoms with Gasteiger partial charge in [0.1, 0.15) is 0 Å². The molecule has 0 aliphatic carbocycles. The van der Waals surface area contributed by atoms with Crippen LogP contribution in [-0.4, -0.2) is 54.5 Å². The van der Waals surface area contributed by atoms with Gasteiger partial charge in [0.15, 0.2) is 0 Å². The van der Waals surface area contributed by atoms with Crippen LogP contribution in [-0.2, 0) is 0 Å². The fourth-order valence-corrected chi connectivity index (χ4v) is 2.84. The predicted octanol–water partition coefficient (Wildman–Crippen LogP) is 2.40. The average Bonchev–Trinajstić information content (AvgIpc) is 2.37. The van der Waals surface area contributed by atoms with E-state index in [2.05, 4.69) is 19.2 Å². The SMILES string of the molecule is CCC(CC)C(O)CNC1CCN(CC(F)(F)F)CC1. The van der Waals surface area contributed by atoms with Gasteiger partial charge >= 0.3 is 6.18 Å². The maximum atomic E-state index is 12.3. The number of hydrogen-bond acceptors (Lipinski definition) is 3. The molecular formula is C14H27F3N2O. The van der Waals surface area contributed by atoms with Crippen LogP contribution in [0, 0.1) is 5.92 Å². The maximum Gasteiger partial charge on any atom is 0.401 e. The molecule has 2 N–H and O–H groups in total. The molecule has 1 atom stereocenters. The summed E-state index contributed by atoms with van der Waals surface area (Å²) in [6, 6.07) is 0.225. The molecule has 0 aromatic rings. The van der Waals surface area contributed by atoms with E-state index in [-0.39, 0.29) is 12.1 Å². The molecule has 1 aliphatic rings. The number of piperidine rings is 1. The summed E-state index contributed by atoms with van der Waals surface area (Å²) < 4.78 is 36.8. The van der Waals surface area contributed by atoms with E-state index < -0.39 is 12.7 Å². The van der Waals surface area contributed by atoms with Crippen molar-refractivity contribution in [1.82, 2.24) is 10.2 Å². The van der Waals surface area contributed by atoms with E-state index in [9.17, 15) is 18.3 Å². The summed E-state index contributed by atoms with van der Waals surface area (Å²) in [7, 11) is 0. The summed E-state index contributed by atoms with van der Waals surface area (Å²) in [5.41, 5.74) is 0. The molecule has 3 nitrogen and oxygen atoms in total. The first-order valence-electron chi connectivity index (χ1n) is 7.56. The van der Waals surface area contributed by atoms with Crippen LogP contribution in [0.15, 0.2) is 0 Å². The van der Waals surface area contributed by atoms with Crippen molar-refractivity contribution >= 4 is 0 Å². The van der Waals surface area contributed by atoms with E-state index in [0.29, 0.717) is 38.4 Å². The molecule has 0 saturated carbocycles. The number of alkyl halides is 3. The van der Waals surface area contributed by atoms with Crippen molar-refractivity contribution in [3.05, 3.63) is 0 Å². The highest BCUT2D eigenvalue weighted by Crippen LogP contribution is 2.20.